The molecule has 10 heteroatoms. The van der Waals surface area contributed by atoms with Gasteiger partial charge in [0.25, 0.3) is 11.8 Å². The third kappa shape index (κ3) is 6.15. The number of guanidine groups is 1. The van der Waals surface area contributed by atoms with Gasteiger partial charge in [-0.2, -0.15) is 0 Å². The average Bonchev–Trinajstić information content (AvgIpc) is 3.30. The second kappa shape index (κ2) is 13.2. The van der Waals surface area contributed by atoms with Gasteiger partial charge in [0.1, 0.15) is 0 Å². The molecule has 1 saturated heterocycles. The van der Waals surface area contributed by atoms with E-state index in [9.17, 15) is 9.59 Å². The summed E-state index contributed by atoms with van der Waals surface area (Å²) in [4.78, 5) is 38.3. The first-order valence-corrected chi connectivity index (χ1v) is 14.7. The minimum absolute atomic E-state index is 0.00583. The number of rotatable bonds is 11. The van der Waals surface area contributed by atoms with Gasteiger partial charge in [0.15, 0.2) is 17.5 Å². The van der Waals surface area contributed by atoms with E-state index in [1.165, 1.54) is 10.5 Å². The predicted octanol–water partition coefficient (Wildman–Crippen LogP) is 3.98. The fourth-order valence-electron chi connectivity index (χ4n) is 6.12. The molecule has 43 heavy (non-hydrogen) atoms. The molecule has 3 aromatic carbocycles. The van der Waals surface area contributed by atoms with Crippen LogP contribution in [0.1, 0.15) is 63.7 Å². The van der Waals surface area contributed by atoms with Crippen LogP contribution in [-0.2, 0) is 0 Å². The van der Waals surface area contributed by atoms with Gasteiger partial charge in [0.2, 0.25) is 0 Å². The Hall–Kier alpha value is -4.57. The molecular weight excluding hydrogens is 544 g/mol. The van der Waals surface area contributed by atoms with Gasteiger partial charge >= 0.3 is 0 Å². The van der Waals surface area contributed by atoms with Crippen LogP contribution in [0.3, 0.4) is 0 Å². The molecule has 3 aromatic rings. The van der Waals surface area contributed by atoms with Gasteiger partial charge in [-0.1, -0.05) is 42.5 Å². The zero-order valence-corrected chi connectivity index (χ0v) is 25.0. The van der Waals surface area contributed by atoms with Crippen molar-refractivity contribution in [2.75, 3.05) is 51.8 Å². The fourth-order valence-corrected chi connectivity index (χ4v) is 6.12. The summed E-state index contributed by atoms with van der Waals surface area (Å²) in [7, 11) is 3.13. The maximum absolute atomic E-state index is 14.2. The van der Waals surface area contributed by atoms with E-state index >= 15 is 0 Å². The van der Waals surface area contributed by atoms with Gasteiger partial charge in [-0.05, 0) is 55.2 Å². The SMILES string of the molecule is COc1ccc([C@@H](CCCN=C(N)N)N2C(=O)c3cccc(N4CCN([C@H](C)c5ccccc5)CC4)c3C2=O)cc1OC. The van der Waals surface area contributed by atoms with Crippen molar-refractivity contribution in [3.63, 3.8) is 0 Å². The van der Waals surface area contributed by atoms with E-state index in [-0.39, 0.29) is 17.8 Å². The summed E-state index contributed by atoms with van der Waals surface area (Å²) in [5.74, 6) is 0.494. The van der Waals surface area contributed by atoms with Gasteiger partial charge in [-0.25, -0.2) is 0 Å². The number of carbonyl (C=O) groups is 2. The molecule has 1 fully saturated rings. The number of imide groups is 1. The second-order valence-corrected chi connectivity index (χ2v) is 10.9. The lowest BCUT2D eigenvalue weighted by Crippen LogP contribution is -2.47. The number of carbonyl (C=O) groups excluding carboxylic acids is 2. The van der Waals surface area contributed by atoms with Gasteiger partial charge in [-0.3, -0.25) is 24.4 Å². The Bertz CT molecular complexity index is 1480. The van der Waals surface area contributed by atoms with Crippen LogP contribution in [0.2, 0.25) is 0 Å². The molecule has 10 nitrogen and oxygen atoms in total. The predicted molar refractivity (Wildman–Crippen MR) is 168 cm³/mol. The normalized spacial score (nSPS) is 16.5. The fraction of sp³-hybridized carbons (Fsp3) is 0.364. The lowest BCUT2D eigenvalue weighted by Gasteiger charge is -2.39. The van der Waals surface area contributed by atoms with E-state index in [4.69, 9.17) is 20.9 Å². The van der Waals surface area contributed by atoms with Crippen molar-refractivity contribution in [1.82, 2.24) is 9.80 Å². The molecule has 2 amide bonds. The molecule has 226 valence electrons. The number of piperazine rings is 1. The first-order chi connectivity index (χ1) is 20.8. The van der Waals surface area contributed by atoms with E-state index in [1.807, 2.05) is 30.3 Å². The number of ether oxygens (including phenoxy) is 2. The van der Waals surface area contributed by atoms with Crippen LogP contribution in [0.5, 0.6) is 11.5 Å². The Morgan fingerprint density at radius 3 is 2.26 bits per heavy atom. The summed E-state index contributed by atoms with van der Waals surface area (Å²) in [5.41, 5.74) is 14.8. The molecule has 5 rings (SSSR count). The summed E-state index contributed by atoms with van der Waals surface area (Å²) < 4.78 is 11.0. The Balaban J connectivity index is 1.41. The number of aliphatic imine (C=N–C) groups is 1. The number of nitrogens with zero attached hydrogens (tertiary/aromatic N) is 4. The number of anilines is 1. The minimum Gasteiger partial charge on any atom is -0.493 e. The van der Waals surface area contributed by atoms with Crippen molar-refractivity contribution in [3.05, 3.63) is 89.0 Å². The van der Waals surface area contributed by atoms with Crippen LogP contribution in [-0.4, -0.2) is 74.5 Å². The second-order valence-electron chi connectivity index (χ2n) is 10.9. The lowest BCUT2D eigenvalue weighted by molar-refractivity contribution is 0.0572. The molecule has 2 aliphatic rings. The van der Waals surface area contributed by atoms with Crippen molar-refractivity contribution in [3.8, 4) is 11.5 Å². The first-order valence-electron chi connectivity index (χ1n) is 14.7. The highest BCUT2D eigenvalue weighted by Crippen LogP contribution is 2.40. The zero-order chi connectivity index (χ0) is 30.5. The van der Waals surface area contributed by atoms with Gasteiger partial charge < -0.3 is 25.8 Å². The molecule has 2 atom stereocenters. The topological polar surface area (TPSA) is 127 Å². The number of methoxy groups -OCH3 is 2. The Morgan fingerprint density at radius 2 is 1.58 bits per heavy atom. The van der Waals surface area contributed by atoms with Crippen LogP contribution in [0.4, 0.5) is 5.69 Å². The lowest BCUT2D eigenvalue weighted by atomic mass is 9.99. The minimum atomic E-state index is -0.544. The first kappa shape index (κ1) is 29.9. The van der Waals surface area contributed by atoms with E-state index in [0.29, 0.717) is 48.1 Å². The van der Waals surface area contributed by atoms with Crippen LogP contribution >= 0.6 is 0 Å². The summed E-state index contributed by atoms with van der Waals surface area (Å²) in [6, 6.07) is 21.3. The molecule has 0 aliphatic carbocycles. The standard InChI is InChI=1S/C33H40N6O4/c1-22(23-9-5-4-6-10-23)37-17-19-38(20-18-37)27-12-7-11-25-30(27)32(41)39(31(25)40)26(13-8-16-36-33(34)35)24-14-15-28(42-2)29(21-24)43-3/h4-7,9-12,14-15,21-22,26H,8,13,16-20H2,1-3H3,(H4,34,35,36)/t22-,26-/m1/s1. The molecule has 0 bridgehead atoms. The maximum atomic E-state index is 14.2. The molecule has 2 heterocycles. The number of benzene rings is 3. The van der Waals surface area contributed by atoms with Crippen molar-refractivity contribution in [2.45, 2.75) is 31.8 Å². The average molecular weight is 585 g/mol. The van der Waals surface area contributed by atoms with Crippen LogP contribution < -0.4 is 25.8 Å². The van der Waals surface area contributed by atoms with E-state index in [2.05, 4.69) is 46.0 Å². The Morgan fingerprint density at radius 1 is 0.860 bits per heavy atom. The Labute approximate surface area is 252 Å². The Kier molecular flexibility index (Phi) is 9.16. The molecule has 0 aromatic heterocycles. The highest BCUT2D eigenvalue weighted by Gasteiger charge is 2.43. The monoisotopic (exact) mass is 584 g/mol. The molecule has 2 aliphatic heterocycles. The summed E-state index contributed by atoms with van der Waals surface area (Å²) in [6.45, 7) is 5.83. The van der Waals surface area contributed by atoms with Gasteiger partial charge in [0, 0.05) is 38.8 Å². The molecule has 0 unspecified atom stereocenters. The van der Waals surface area contributed by atoms with Crippen molar-refractivity contribution in [1.29, 1.82) is 0 Å². The van der Waals surface area contributed by atoms with E-state index < -0.39 is 6.04 Å². The van der Waals surface area contributed by atoms with Crippen LogP contribution in [0.25, 0.3) is 0 Å². The quantitative estimate of drug-likeness (QED) is 0.150. The highest BCUT2D eigenvalue weighted by molar-refractivity contribution is 6.24. The van der Waals surface area contributed by atoms with Gasteiger partial charge in [0.05, 0.1) is 37.1 Å². The van der Waals surface area contributed by atoms with E-state index in [0.717, 1.165) is 37.4 Å². The summed E-state index contributed by atoms with van der Waals surface area (Å²) >= 11 is 0. The molecule has 0 saturated carbocycles. The van der Waals surface area contributed by atoms with Crippen molar-refractivity contribution in [2.24, 2.45) is 16.5 Å². The number of amides is 2. The number of nitrogens with two attached hydrogens (primary N) is 2. The van der Waals surface area contributed by atoms with Crippen molar-refractivity contribution >= 4 is 23.5 Å². The van der Waals surface area contributed by atoms with Gasteiger partial charge in [-0.15, -0.1) is 0 Å². The summed E-state index contributed by atoms with van der Waals surface area (Å²) in [6.07, 6.45) is 1.04. The maximum Gasteiger partial charge on any atom is 0.264 e. The number of hydrogen-bond acceptors (Lipinski definition) is 7. The molecule has 0 spiro atoms. The summed E-state index contributed by atoms with van der Waals surface area (Å²) in [5, 5.41) is 0. The largest absolute Gasteiger partial charge is 0.493 e. The van der Waals surface area contributed by atoms with Crippen LogP contribution in [0.15, 0.2) is 71.7 Å². The number of fused-ring (bicyclic) bond motifs is 1. The third-order valence-corrected chi connectivity index (χ3v) is 8.44. The highest BCUT2D eigenvalue weighted by atomic mass is 16.5. The smallest absolute Gasteiger partial charge is 0.264 e. The molecule has 4 N–H and O–H groups in total. The van der Waals surface area contributed by atoms with Crippen molar-refractivity contribution < 1.29 is 19.1 Å². The third-order valence-electron chi connectivity index (χ3n) is 8.44. The van der Waals surface area contributed by atoms with E-state index in [1.54, 1.807) is 26.4 Å². The zero-order valence-electron chi connectivity index (χ0n) is 25.0. The van der Waals surface area contributed by atoms with Crippen LogP contribution in [0, 0.1) is 0 Å². The molecular formula is C33H40N6O4. The molecule has 0 radical (unpaired) electrons. The number of hydrogen-bond donors (Lipinski definition) is 2.